The second kappa shape index (κ2) is 4.63. The van der Waals surface area contributed by atoms with Crippen LogP contribution in [-0.2, 0) is 0 Å². The van der Waals surface area contributed by atoms with E-state index in [2.05, 4.69) is 45.0 Å². The van der Waals surface area contributed by atoms with Crippen molar-refractivity contribution in [1.82, 2.24) is 10.2 Å². The number of likely N-dealkylation sites (tertiary alicyclic amines) is 1. The minimum absolute atomic E-state index is 0.368. The van der Waals surface area contributed by atoms with Crippen molar-refractivity contribution in [1.29, 1.82) is 0 Å². The van der Waals surface area contributed by atoms with Gasteiger partial charge in [0.25, 0.3) is 0 Å². The van der Waals surface area contributed by atoms with Crippen molar-refractivity contribution in [3.8, 4) is 0 Å². The molecule has 1 aliphatic heterocycles. The lowest BCUT2D eigenvalue weighted by atomic mass is 9.84. The molecule has 2 nitrogen and oxygen atoms in total. The van der Waals surface area contributed by atoms with Crippen LogP contribution in [0.1, 0.15) is 40.5 Å². The highest BCUT2D eigenvalue weighted by molar-refractivity contribution is 4.86. The molecule has 1 heterocycles. The number of hydrogen-bond donors (Lipinski definition) is 1. The quantitative estimate of drug-likeness (QED) is 0.744. The van der Waals surface area contributed by atoms with Gasteiger partial charge in [-0.25, -0.2) is 0 Å². The topological polar surface area (TPSA) is 15.3 Å². The molecule has 2 heteroatoms. The standard InChI is InChI=1S/C12H26N2/c1-10-7-6-8-14(10)9-12(3,4)11(2)13-5/h10-11,13H,6-9H2,1-5H3. The van der Waals surface area contributed by atoms with Gasteiger partial charge in [-0.05, 0) is 45.7 Å². The van der Waals surface area contributed by atoms with Crippen molar-refractivity contribution < 1.29 is 0 Å². The van der Waals surface area contributed by atoms with Crippen LogP contribution in [0.4, 0.5) is 0 Å². The largest absolute Gasteiger partial charge is 0.317 e. The Morgan fingerprint density at radius 1 is 1.50 bits per heavy atom. The van der Waals surface area contributed by atoms with Crippen molar-refractivity contribution in [3.63, 3.8) is 0 Å². The lowest BCUT2D eigenvalue weighted by molar-refractivity contribution is 0.142. The SMILES string of the molecule is CNC(C)C(C)(C)CN1CCCC1C. The van der Waals surface area contributed by atoms with Crippen molar-refractivity contribution in [2.45, 2.75) is 52.6 Å². The van der Waals surface area contributed by atoms with E-state index in [0.29, 0.717) is 11.5 Å². The van der Waals surface area contributed by atoms with Crippen LogP contribution >= 0.6 is 0 Å². The summed E-state index contributed by atoms with van der Waals surface area (Å²) in [6, 6.07) is 1.37. The first-order chi connectivity index (χ1) is 6.47. The Balaban J connectivity index is 2.49. The fourth-order valence-electron chi connectivity index (χ4n) is 2.28. The Morgan fingerprint density at radius 2 is 2.14 bits per heavy atom. The molecular formula is C12H26N2. The van der Waals surface area contributed by atoms with E-state index in [9.17, 15) is 0 Å². The van der Waals surface area contributed by atoms with Gasteiger partial charge in [0.1, 0.15) is 0 Å². The first-order valence-electron chi connectivity index (χ1n) is 5.88. The predicted molar refractivity (Wildman–Crippen MR) is 62.6 cm³/mol. The molecular weight excluding hydrogens is 172 g/mol. The van der Waals surface area contributed by atoms with E-state index in [1.54, 1.807) is 0 Å². The second-order valence-electron chi connectivity index (χ2n) is 5.46. The molecule has 0 spiro atoms. The van der Waals surface area contributed by atoms with Crippen LogP contribution in [0, 0.1) is 5.41 Å². The lowest BCUT2D eigenvalue weighted by Crippen LogP contribution is -2.46. The van der Waals surface area contributed by atoms with Crippen LogP contribution in [-0.4, -0.2) is 37.1 Å². The van der Waals surface area contributed by atoms with E-state index in [1.807, 2.05) is 0 Å². The third kappa shape index (κ3) is 2.71. The van der Waals surface area contributed by atoms with E-state index in [-0.39, 0.29) is 0 Å². The zero-order valence-electron chi connectivity index (χ0n) is 10.4. The van der Waals surface area contributed by atoms with E-state index in [1.165, 1.54) is 25.9 Å². The molecule has 2 unspecified atom stereocenters. The highest BCUT2D eigenvalue weighted by Gasteiger charge is 2.30. The molecule has 0 bridgehead atoms. The van der Waals surface area contributed by atoms with Gasteiger partial charge in [0, 0.05) is 18.6 Å². The molecule has 84 valence electrons. The zero-order valence-corrected chi connectivity index (χ0v) is 10.4. The molecule has 0 amide bonds. The van der Waals surface area contributed by atoms with Gasteiger partial charge < -0.3 is 10.2 Å². The van der Waals surface area contributed by atoms with Crippen LogP contribution in [0.15, 0.2) is 0 Å². The van der Waals surface area contributed by atoms with Crippen LogP contribution in [0.2, 0.25) is 0 Å². The van der Waals surface area contributed by atoms with Gasteiger partial charge in [-0.3, -0.25) is 0 Å². The van der Waals surface area contributed by atoms with Gasteiger partial charge in [-0.2, -0.15) is 0 Å². The van der Waals surface area contributed by atoms with Crippen LogP contribution in [0.25, 0.3) is 0 Å². The Labute approximate surface area is 89.1 Å². The van der Waals surface area contributed by atoms with Gasteiger partial charge in [-0.1, -0.05) is 13.8 Å². The van der Waals surface area contributed by atoms with E-state index < -0.39 is 0 Å². The Bertz CT molecular complexity index is 177. The number of nitrogens with one attached hydrogen (secondary N) is 1. The molecule has 0 aromatic heterocycles. The minimum Gasteiger partial charge on any atom is -0.317 e. The average Bonchev–Trinajstić information content (AvgIpc) is 2.50. The zero-order chi connectivity index (χ0) is 10.8. The second-order valence-corrected chi connectivity index (χ2v) is 5.46. The van der Waals surface area contributed by atoms with Gasteiger partial charge in [0.15, 0.2) is 0 Å². The highest BCUT2D eigenvalue weighted by Crippen LogP contribution is 2.26. The molecule has 0 saturated carbocycles. The van der Waals surface area contributed by atoms with Crippen LogP contribution < -0.4 is 5.32 Å². The molecule has 0 radical (unpaired) electrons. The van der Waals surface area contributed by atoms with Crippen molar-refractivity contribution in [2.24, 2.45) is 5.41 Å². The fraction of sp³-hybridized carbons (Fsp3) is 1.00. The Morgan fingerprint density at radius 3 is 2.57 bits per heavy atom. The van der Waals surface area contributed by atoms with E-state index in [0.717, 1.165) is 6.04 Å². The minimum atomic E-state index is 0.368. The van der Waals surface area contributed by atoms with E-state index >= 15 is 0 Å². The number of nitrogens with zero attached hydrogens (tertiary/aromatic N) is 1. The maximum atomic E-state index is 3.37. The normalized spacial score (nSPS) is 26.8. The lowest BCUT2D eigenvalue weighted by Gasteiger charge is -2.37. The summed E-state index contributed by atoms with van der Waals surface area (Å²) in [5, 5.41) is 3.37. The first kappa shape index (κ1) is 12.0. The molecule has 1 fully saturated rings. The molecule has 14 heavy (non-hydrogen) atoms. The van der Waals surface area contributed by atoms with Crippen LogP contribution in [0.5, 0.6) is 0 Å². The summed E-state index contributed by atoms with van der Waals surface area (Å²) in [6.45, 7) is 11.9. The Kier molecular flexibility index (Phi) is 3.96. The van der Waals surface area contributed by atoms with E-state index in [4.69, 9.17) is 0 Å². The highest BCUT2D eigenvalue weighted by atomic mass is 15.2. The van der Waals surface area contributed by atoms with Crippen LogP contribution in [0.3, 0.4) is 0 Å². The molecule has 1 rings (SSSR count). The summed E-state index contributed by atoms with van der Waals surface area (Å²) < 4.78 is 0. The van der Waals surface area contributed by atoms with Gasteiger partial charge >= 0.3 is 0 Å². The molecule has 0 aromatic carbocycles. The number of rotatable bonds is 4. The summed E-state index contributed by atoms with van der Waals surface area (Å²) in [7, 11) is 2.06. The third-order valence-electron chi connectivity index (χ3n) is 3.91. The summed E-state index contributed by atoms with van der Waals surface area (Å²) in [5.41, 5.74) is 0.368. The monoisotopic (exact) mass is 198 g/mol. The molecule has 0 aliphatic carbocycles. The maximum absolute atomic E-state index is 3.37. The molecule has 1 N–H and O–H groups in total. The van der Waals surface area contributed by atoms with Gasteiger partial charge in [-0.15, -0.1) is 0 Å². The van der Waals surface area contributed by atoms with Crippen molar-refractivity contribution in [3.05, 3.63) is 0 Å². The summed E-state index contributed by atoms with van der Waals surface area (Å²) in [6.07, 6.45) is 2.76. The van der Waals surface area contributed by atoms with Crippen molar-refractivity contribution >= 4 is 0 Å². The smallest absolute Gasteiger partial charge is 0.00991 e. The first-order valence-corrected chi connectivity index (χ1v) is 5.88. The number of hydrogen-bond acceptors (Lipinski definition) is 2. The van der Waals surface area contributed by atoms with Gasteiger partial charge in [0.2, 0.25) is 0 Å². The summed E-state index contributed by atoms with van der Waals surface area (Å²) in [4.78, 5) is 2.63. The predicted octanol–water partition coefficient (Wildman–Crippen LogP) is 2.10. The fourth-order valence-corrected chi connectivity index (χ4v) is 2.28. The maximum Gasteiger partial charge on any atom is 0.00991 e. The third-order valence-corrected chi connectivity index (χ3v) is 3.91. The molecule has 1 saturated heterocycles. The van der Waals surface area contributed by atoms with Gasteiger partial charge in [0.05, 0.1) is 0 Å². The summed E-state index contributed by atoms with van der Waals surface area (Å²) >= 11 is 0. The molecule has 2 atom stereocenters. The average molecular weight is 198 g/mol. The molecule has 1 aliphatic rings. The molecule has 0 aromatic rings. The Hall–Kier alpha value is -0.0800. The summed E-state index contributed by atoms with van der Waals surface area (Å²) in [5.74, 6) is 0. The van der Waals surface area contributed by atoms with Crippen molar-refractivity contribution in [2.75, 3.05) is 20.1 Å².